The lowest BCUT2D eigenvalue weighted by molar-refractivity contribution is 0.251. The average Bonchev–Trinajstić information content (AvgIpc) is 3.45. The Morgan fingerprint density at radius 1 is 1.00 bits per heavy atom. The van der Waals surface area contributed by atoms with Gasteiger partial charge < -0.3 is 5.32 Å². The molecule has 0 unspecified atom stereocenters. The van der Waals surface area contributed by atoms with E-state index in [9.17, 15) is 9.18 Å². The van der Waals surface area contributed by atoms with Crippen LogP contribution in [0.3, 0.4) is 0 Å². The highest BCUT2D eigenvalue weighted by Crippen LogP contribution is 2.20. The number of hydrogen-bond donors (Lipinski definition) is 2. The lowest BCUT2D eigenvalue weighted by Crippen LogP contribution is -2.28. The summed E-state index contributed by atoms with van der Waals surface area (Å²) in [5, 5.41) is 15.0. The molecule has 4 aromatic heterocycles. The number of nitrogens with one attached hydrogen (secondary N) is 2. The van der Waals surface area contributed by atoms with Crippen LogP contribution in [0.25, 0.3) is 22.3 Å². The van der Waals surface area contributed by atoms with Gasteiger partial charge in [0.25, 0.3) is 0 Å². The van der Waals surface area contributed by atoms with Crippen molar-refractivity contribution in [2.24, 2.45) is 0 Å². The Kier molecular flexibility index (Phi) is 5.23. The van der Waals surface area contributed by atoms with E-state index in [-0.39, 0.29) is 12.4 Å². The maximum Gasteiger partial charge on any atom is 0.320 e. The van der Waals surface area contributed by atoms with E-state index in [1.54, 1.807) is 58.5 Å². The number of anilines is 1. The monoisotopic (exact) mass is 442 g/mol. The summed E-state index contributed by atoms with van der Waals surface area (Å²) < 4.78 is 16.5. The Morgan fingerprint density at radius 2 is 1.85 bits per heavy atom. The van der Waals surface area contributed by atoms with Gasteiger partial charge in [-0.05, 0) is 49.4 Å². The van der Waals surface area contributed by atoms with Crippen molar-refractivity contribution in [1.29, 1.82) is 0 Å². The minimum Gasteiger partial charge on any atom is -0.334 e. The molecule has 2 amide bonds. The van der Waals surface area contributed by atoms with Gasteiger partial charge in [0, 0.05) is 35.6 Å². The fourth-order valence-corrected chi connectivity index (χ4v) is 3.39. The zero-order valence-electron chi connectivity index (χ0n) is 17.6. The first-order valence-corrected chi connectivity index (χ1v) is 10.2. The fraction of sp³-hybridized carbons (Fsp3) is 0.0870. The highest BCUT2D eigenvalue weighted by molar-refractivity contribution is 5.91. The lowest BCUT2D eigenvalue weighted by atomic mass is 10.3. The maximum atomic E-state index is 13.1. The summed E-state index contributed by atoms with van der Waals surface area (Å²) in [6, 6.07) is 11.2. The number of fused-ring (bicyclic) bond motifs is 1. The van der Waals surface area contributed by atoms with Gasteiger partial charge in [-0.3, -0.25) is 10.3 Å². The number of carbonyl (C=O) groups excluding carboxylic acids is 1. The van der Waals surface area contributed by atoms with Crippen molar-refractivity contribution in [3.63, 3.8) is 0 Å². The van der Waals surface area contributed by atoms with Gasteiger partial charge in [0.15, 0.2) is 0 Å². The summed E-state index contributed by atoms with van der Waals surface area (Å²) >= 11 is 0. The second kappa shape index (κ2) is 8.50. The first-order chi connectivity index (χ1) is 16.0. The molecule has 5 rings (SSSR count). The summed E-state index contributed by atoms with van der Waals surface area (Å²) in [6.07, 6.45) is 8.53. The molecule has 0 aliphatic carbocycles. The number of halogens is 1. The van der Waals surface area contributed by atoms with Crippen LogP contribution in [0.15, 0.2) is 73.4 Å². The number of aryl methyl sites for hydroxylation is 1. The molecule has 0 fully saturated rings. The molecule has 2 N–H and O–H groups in total. The van der Waals surface area contributed by atoms with E-state index in [1.165, 1.54) is 12.1 Å². The summed E-state index contributed by atoms with van der Waals surface area (Å²) in [5.41, 5.74) is 4.12. The van der Waals surface area contributed by atoms with Crippen LogP contribution in [0, 0.1) is 12.7 Å². The zero-order valence-corrected chi connectivity index (χ0v) is 17.6. The number of amides is 2. The van der Waals surface area contributed by atoms with Crippen molar-refractivity contribution >= 4 is 22.8 Å². The Hall–Kier alpha value is -4.60. The molecule has 5 aromatic rings. The number of urea groups is 1. The van der Waals surface area contributed by atoms with Crippen LogP contribution < -0.4 is 10.6 Å². The van der Waals surface area contributed by atoms with E-state index in [2.05, 4.69) is 30.8 Å². The summed E-state index contributed by atoms with van der Waals surface area (Å²) in [6.45, 7) is 2.19. The third-order valence-corrected chi connectivity index (χ3v) is 5.00. The van der Waals surface area contributed by atoms with E-state index in [0.717, 1.165) is 33.5 Å². The average molecular weight is 442 g/mol. The van der Waals surface area contributed by atoms with Crippen molar-refractivity contribution in [3.8, 4) is 11.4 Å². The van der Waals surface area contributed by atoms with E-state index < -0.39 is 6.03 Å². The number of nitrogens with zero attached hydrogens (tertiary/aromatic N) is 6. The number of aromatic nitrogens is 6. The highest BCUT2D eigenvalue weighted by atomic mass is 19.1. The normalized spacial score (nSPS) is 11.0. The molecule has 0 saturated carbocycles. The van der Waals surface area contributed by atoms with Gasteiger partial charge in [-0.1, -0.05) is 0 Å². The SMILES string of the molecule is Cc1cc(-n2ncc3cc(NC(=O)NCc4cnn(-c5ccc(F)cc5)c4)ncc32)ccn1. The highest BCUT2D eigenvalue weighted by Gasteiger charge is 2.10. The van der Waals surface area contributed by atoms with E-state index in [1.807, 2.05) is 19.1 Å². The van der Waals surface area contributed by atoms with Crippen molar-refractivity contribution in [3.05, 3.63) is 90.5 Å². The molecule has 4 heterocycles. The molecule has 0 bridgehead atoms. The Labute approximate surface area is 187 Å². The van der Waals surface area contributed by atoms with Crippen molar-refractivity contribution in [2.45, 2.75) is 13.5 Å². The quantitative estimate of drug-likeness (QED) is 0.431. The van der Waals surface area contributed by atoms with Gasteiger partial charge in [0.05, 0.1) is 35.5 Å². The predicted octanol–water partition coefficient (Wildman–Crippen LogP) is 3.77. The van der Waals surface area contributed by atoms with Crippen LogP contribution in [-0.4, -0.2) is 35.6 Å². The molecule has 0 spiro atoms. The van der Waals surface area contributed by atoms with Crippen LogP contribution in [0.4, 0.5) is 15.0 Å². The van der Waals surface area contributed by atoms with Crippen LogP contribution in [0.1, 0.15) is 11.3 Å². The fourth-order valence-electron chi connectivity index (χ4n) is 3.39. The number of rotatable bonds is 5. The standard InChI is InChI=1S/C23H19FN8O/c1-15-8-20(6-7-25-15)32-21-13-26-22(9-17(21)12-29-32)30-23(33)27-10-16-11-28-31(14-16)19-4-2-18(24)3-5-19/h2-9,11-14H,10H2,1H3,(H2,26,27,30,33). The molecule has 0 saturated heterocycles. The van der Waals surface area contributed by atoms with Gasteiger partial charge >= 0.3 is 6.03 Å². The molecular formula is C23H19FN8O. The second-order valence-corrected chi connectivity index (χ2v) is 7.42. The molecule has 33 heavy (non-hydrogen) atoms. The first-order valence-electron chi connectivity index (χ1n) is 10.2. The number of benzene rings is 1. The summed E-state index contributed by atoms with van der Waals surface area (Å²) in [7, 11) is 0. The Balaban J connectivity index is 1.23. The van der Waals surface area contributed by atoms with E-state index in [4.69, 9.17) is 0 Å². The maximum absolute atomic E-state index is 13.1. The van der Waals surface area contributed by atoms with E-state index >= 15 is 0 Å². The summed E-state index contributed by atoms with van der Waals surface area (Å²) in [4.78, 5) is 20.9. The van der Waals surface area contributed by atoms with Crippen LogP contribution in [-0.2, 0) is 6.54 Å². The van der Waals surface area contributed by atoms with Crippen molar-refractivity contribution in [2.75, 3.05) is 5.32 Å². The van der Waals surface area contributed by atoms with Gasteiger partial charge in [-0.2, -0.15) is 10.2 Å². The lowest BCUT2D eigenvalue weighted by Gasteiger charge is -2.07. The molecule has 9 nitrogen and oxygen atoms in total. The van der Waals surface area contributed by atoms with E-state index in [0.29, 0.717) is 5.82 Å². The van der Waals surface area contributed by atoms with Gasteiger partial charge in [-0.15, -0.1) is 0 Å². The smallest absolute Gasteiger partial charge is 0.320 e. The van der Waals surface area contributed by atoms with Crippen molar-refractivity contribution in [1.82, 2.24) is 34.8 Å². The molecule has 164 valence electrons. The Bertz CT molecular complexity index is 1440. The molecule has 0 aliphatic rings. The minimum atomic E-state index is -0.395. The minimum absolute atomic E-state index is 0.272. The zero-order chi connectivity index (χ0) is 22.8. The predicted molar refractivity (Wildman–Crippen MR) is 121 cm³/mol. The van der Waals surface area contributed by atoms with Gasteiger partial charge in [-0.25, -0.2) is 23.5 Å². The van der Waals surface area contributed by atoms with Crippen molar-refractivity contribution < 1.29 is 9.18 Å². The topological polar surface area (TPSA) is 103 Å². The molecular weight excluding hydrogens is 423 g/mol. The van der Waals surface area contributed by atoms with Crippen LogP contribution in [0.2, 0.25) is 0 Å². The molecule has 0 aliphatic heterocycles. The third kappa shape index (κ3) is 4.40. The Morgan fingerprint density at radius 3 is 2.67 bits per heavy atom. The molecule has 1 aromatic carbocycles. The molecule has 0 radical (unpaired) electrons. The summed E-state index contributed by atoms with van der Waals surface area (Å²) in [5.74, 6) is 0.101. The number of carbonyl (C=O) groups is 1. The van der Waals surface area contributed by atoms with Gasteiger partial charge in [0.1, 0.15) is 11.6 Å². The largest absolute Gasteiger partial charge is 0.334 e. The molecule has 0 atom stereocenters. The number of pyridine rings is 2. The number of hydrogen-bond acceptors (Lipinski definition) is 5. The second-order valence-electron chi connectivity index (χ2n) is 7.42. The first kappa shape index (κ1) is 20.3. The molecule has 10 heteroatoms. The van der Waals surface area contributed by atoms with Crippen LogP contribution >= 0.6 is 0 Å². The third-order valence-electron chi connectivity index (χ3n) is 5.00. The van der Waals surface area contributed by atoms with Crippen LogP contribution in [0.5, 0.6) is 0 Å². The van der Waals surface area contributed by atoms with Gasteiger partial charge in [0.2, 0.25) is 0 Å².